The molecule has 2 amide bonds. The Kier molecular flexibility index (Phi) is 7.73. The predicted octanol–water partition coefficient (Wildman–Crippen LogP) is 4.18. The number of unbranched alkanes of at least 4 members (excludes halogenated alkanes) is 2. The van der Waals surface area contributed by atoms with E-state index in [2.05, 4.69) is 13.8 Å². The van der Waals surface area contributed by atoms with Crippen LogP contribution in [-0.4, -0.2) is 39.8 Å². The van der Waals surface area contributed by atoms with Gasteiger partial charge in [0.15, 0.2) is 5.11 Å². The SMILES string of the molecule is CCCCN1C(=O)C(=C/C=C/c2ccccc2)C(=O)N(CCCC)C1=S. The largest absolute Gasteiger partial charge is 0.285 e. The zero-order valence-electron chi connectivity index (χ0n) is 15.5. The van der Waals surface area contributed by atoms with Gasteiger partial charge in [-0.25, -0.2) is 0 Å². The van der Waals surface area contributed by atoms with Crippen LogP contribution < -0.4 is 0 Å². The highest BCUT2D eigenvalue weighted by atomic mass is 32.1. The van der Waals surface area contributed by atoms with E-state index in [1.54, 1.807) is 22.0 Å². The highest BCUT2D eigenvalue weighted by molar-refractivity contribution is 7.80. The van der Waals surface area contributed by atoms with Crippen molar-refractivity contribution in [1.82, 2.24) is 9.80 Å². The second kappa shape index (κ2) is 10.0. The summed E-state index contributed by atoms with van der Waals surface area (Å²) in [5.74, 6) is -0.585. The van der Waals surface area contributed by atoms with Crippen LogP contribution in [0.1, 0.15) is 45.1 Å². The van der Waals surface area contributed by atoms with Crippen LogP contribution in [0.2, 0.25) is 0 Å². The number of nitrogens with zero attached hydrogens (tertiary/aromatic N) is 2. The van der Waals surface area contributed by atoms with Crippen LogP contribution in [0.15, 0.2) is 48.1 Å². The minimum atomic E-state index is -0.293. The lowest BCUT2D eigenvalue weighted by molar-refractivity contribution is -0.133. The normalized spacial score (nSPS) is 15.3. The fraction of sp³-hybridized carbons (Fsp3) is 0.381. The summed E-state index contributed by atoms with van der Waals surface area (Å²) in [5.41, 5.74) is 1.19. The Labute approximate surface area is 161 Å². The minimum Gasteiger partial charge on any atom is -0.285 e. The van der Waals surface area contributed by atoms with Gasteiger partial charge in [0.2, 0.25) is 0 Å². The van der Waals surface area contributed by atoms with Crippen molar-refractivity contribution in [1.29, 1.82) is 0 Å². The highest BCUT2D eigenvalue weighted by Crippen LogP contribution is 2.19. The Morgan fingerprint density at radius 2 is 1.46 bits per heavy atom. The smallest absolute Gasteiger partial charge is 0.265 e. The zero-order valence-corrected chi connectivity index (χ0v) is 16.3. The van der Waals surface area contributed by atoms with Crippen LogP contribution in [0.25, 0.3) is 6.08 Å². The average molecular weight is 371 g/mol. The molecule has 2 rings (SSSR count). The average Bonchev–Trinajstić information content (AvgIpc) is 2.65. The van der Waals surface area contributed by atoms with Crippen molar-refractivity contribution in [2.45, 2.75) is 39.5 Å². The second-order valence-corrected chi connectivity index (χ2v) is 6.62. The third kappa shape index (κ3) is 4.88. The van der Waals surface area contributed by atoms with E-state index in [0.717, 1.165) is 31.2 Å². The molecule has 0 N–H and O–H groups in total. The van der Waals surface area contributed by atoms with Gasteiger partial charge in [-0.05, 0) is 36.7 Å². The quantitative estimate of drug-likeness (QED) is 0.391. The lowest BCUT2D eigenvalue weighted by Gasteiger charge is -2.36. The molecule has 1 heterocycles. The first-order valence-corrected chi connectivity index (χ1v) is 9.62. The van der Waals surface area contributed by atoms with Crippen molar-refractivity contribution in [3.63, 3.8) is 0 Å². The molecule has 1 aromatic rings. The molecular weight excluding hydrogens is 344 g/mol. The fourth-order valence-electron chi connectivity index (χ4n) is 2.69. The minimum absolute atomic E-state index is 0.179. The van der Waals surface area contributed by atoms with E-state index in [1.807, 2.05) is 36.4 Å². The highest BCUT2D eigenvalue weighted by Gasteiger charge is 2.38. The lowest BCUT2D eigenvalue weighted by Crippen LogP contribution is -2.56. The molecular formula is C21H26N2O2S. The lowest BCUT2D eigenvalue weighted by atomic mass is 10.1. The number of hydrogen-bond acceptors (Lipinski definition) is 3. The molecule has 1 aliphatic heterocycles. The molecule has 1 aliphatic rings. The Morgan fingerprint density at radius 1 is 0.923 bits per heavy atom. The van der Waals surface area contributed by atoms with Gasteiger partial charge in [0.05, 0.1) is 0 Å². The van der Waals surface area contributed by atoms with Crippen LogP contribution in [0.5, 0.6) is 0 Å². The van der Waals surface area contributed by atoms with E-state index in [9.17, 15) is 9.59 Å². The van der Waals surface area contributed by atoms with Gasteiger partial charge in [-0.2, -0.15) is 0 Å². The van der Waals surface area contributed by atoms with Gasteiger partial charge < -0.3 is 0 Å². The maximum absolute atomic E-state index is 12.8. The summed E-state index contributed by atoms with van der Waals surface area (Å²) < 4.78 is 0. The molecule has 0 bridgehead atoms. The summed E-state index contributed by atoms with van der Waals surface area (Å²) in [5, 5.41) is 0.339. The summed E-state index contributed by atoms with van der Waals surface area (Å²) in [7, 11) is 0. The summed E-state index contributed by atoms with van der Waals surface area (Å²) >= 11 is 5.44. The number of carbonyl (C=O) groups excluding carboxylic acids is 2. The first kappa shape index (κ1) is 20.0. The van der Waals surface area contributed by atoms with Gasteiger partial charge in [0.25, 0.3) is 11.8 Å². The Morgan fingerprint density at radius 3 is 1.96 bits per heavy atom. The molecule has 0 aliphatic carbocycles. The number of rotatable bonds is 8. The number of carbonyl (C=O) groups is 2. The van der Waals surface area contributed by atoms with Gasteiger partial charge in [0, 0.05) is 13.1 Å². The number of hydrogen-bond donors (Lipinski definition) is 0. The van der Waals surface area contributed by atoms with Gasteiger partial charge in [-0.15, -0.1) is 0 Å². The van der Waals surface area contributed by atoms with Crippen molar-refractivity contribution in [3.05, 3.63) is 53.6 Å². The molecule has 5 heteroatoms. The van der Waals surface area contributed by atoms with Crippen LogP contribution in [0.3, 0.4) is 0 Å². The maximum atomic E-state index is 12.8. The van der Waals surface area contributed by atoms with Gasteiger partial charge >= 0.3 is 0 Å². The molecule has 0 unspecified atom stereocenters. The van der Waals surface area contributed by atoms with Crippen molar-refractivity contribution >= 4 is 35.2 Å². The number of thiocarbonyl (C=S) groups is 1. The molecule has 1 saturated heterocycles. The molecule has 138 valence electrons. The monoisotopic (exact) mass is 370 g/mol. The van der Waals surface area contributed by atoms with E-state index in [-0.39, 0.29) is 17.4 Å². The molecule has 0 aromatic heterocycles. The number of allylic oxidation sites excluding steroid dienone is 2. The van der Waals surface area contributed by atoms with Crippen molar-refractivity contribution < 1.29 is 9.59 Å². The van der Waals surface area contributed by atoms with Gasteiger partial charge in [-0.3, -0.25) is 19.4 Å². The van der Waals surface area contributed by atoms with E-state index >= 15 is 0 Å². The second-order valence-electron chi connectivity index (χ2n) is 6.25. The van der Waals surface area contributed by atoms with Crippen molar-refractivity contribution in [3.8, 4) is 0 Å². The zero-order chi connectivity index (χ0) is 18.9. The van der Waals surface area contributed by atoms with Crippen LogP contribution in [0, 0.1) is 0 Å². The van der Waals surface area contributed by atoms with Gasteiger partial charge in [0.1, 0.15) is 5.57 Å². The Bertz CT molecular complexity index is 678. The van der Waals surface area contributed by atoms with E-state index in [4.69, 9.17) is 12.2 Å². The van der Waals surface area contributed by atoms with Crippen molar-refractivity contribution in [2.75, 3.05) is 13.1 Å². The van der Waals surface area contributed by atoms with E-state index < -0.39 is 0 Å². The molecule has 0 spiro atoms. The summed E-state index contributed by atoms with van der Waals surface area (Å²) in [4.78, 5) is 28.7. The third-order valence-corrected chi connectivity index (χ3v) is 4.68. The Hall–Kier alpha value is -2.27. The van der Waals surface area contributed by atoms with Crippen LogP contribution >= 0.6 is 12.2 Å². The Balaban J connectivity index is 2.27. The first-order valence-electron chi connectivity index (χ1n) is 9.21. The van der Waals surface area contributed by atoms with E-state index in [1.165, 1.54) is 0 Å². The predicted molar refractivity (Wildman–Crippen MR) is 109 cm³/mol. The van der Waals surface area contributed by atoms with Crippen molar-refractivity contribution in [2.24, 2.45) is 0 Å². The summed E-state index contributed by atoms with van der Waals surface area (Å²) in [6.45, 7) is 5.22. The molecule has 1 aromatic carbocycles. The molecule has 0 saturated carbocycles. The molecule has 1 fully saturated rings. The fourth-order valence-corrected chi connectivity index (χ4v) is 3.04. The summed E-state index contributed by atoms with van der Waals surface area (Å²) in [6.07, 6.45) is 8.88. The molecule has 0 radical (unpaired) electrons. The number of benzene rings is 1. The van der Waals surface area contributed by atoms with Crippen LogP contribution in [-0.2, 0) is 9.59 Å². The molecule has 26 heavy (non-hydrogen) atoms. The molecule has 4 nitrogen and oxygen atoms in total. The number of amides is 2. The first-order chi connectivity index (χ1) is 12.6. The molecule has 0 atom stereocenters. The third-order valence-electron chi connectivity index (χ3n) is 4.23. The topological polar surface area (TPSA) is 40.6 Å². The van der Waals surface area contributed by atoms with E-state index in [0.29, 0.717) is 18.2 Å². The van der Waals surface area contributed by atoms with Gasteiger partial charge in [-0.1, -0.05) is 69.2 Å². The standard InChI is InChI=1S/C21H26N2O2S/c1-3-5-15-22-19(24)18(14-10-13-17-11-8-7-9-12-17)20(25)23(21(22)26)16-6-4-2/h7-14H,3-6,15-16H2,1-2H3/b13-10+. The summed E-state index contributed by atoms with van der Waals surface area (Å²) in [6, 6.07) is 9.77. The maximum Gasteiger partial charge on any atom is 0.265 e. The van der Waals surface area contributed by atoms with Crippen LogP contribution in [0.4, 0.5) is 0 Å².